The number of anilines is 1. The van der Waals surface area contributed by atoms with Gasteiger partial charge in [0.15, 0.2) is 0 Å². The van der Waals surface area contributed by atoms with Gasteiger partial charge in [0, 0.05) is 18.5 Å². The van der Waals surface area contributed by atoms with Crippen LogP contribution in [0.3, 0.4) is 0 Å². The van der Waals surface area contributed by atoms with Gasteiger partial charge in [0.25, 0.3) is 0 Å². The third-order valence-corrected chi connectivity index (χ3v) is 3.12. The van der Waals surface area contributed by atoms with Gasteiger partial charge in [0.05, 0.1) is 5.69 Å². The SMILES string of the molecule is Cc1cc(F)c(NC(=O)CC2CCCN2)cc1F. The van der Waals surface area contributed by atoms with E-state index in [0.717, 1.165) is 31.5 Å². The van der Waals surface area contributed by atoms with Crippen molar-refractivity contribution in [2.75, 3.05) is 11.9 Å². The molecule has 2 N–H and O–H groups in total. The zero-order valence-corrected chi connectivity index (χ0v) is 10.2. The molecule has 1 aromatic rings. The van der Waals surface area contributed by atoms with Crippen LogP contribution in [-0.4, -0.2) is 18.5 Å². The Morgan fingerprint density at radius 1 is 1.44 bits per heavy atom. The minimum Gasteiger partial charge on any atom is -0.323 e. The summed E-state index contributed by atoms with van der Waals surface area (Å²) in [7, 11) is 0. The maximum atomic E-state index is 13.5. The Labute approximate surface area is 105 Å². The zero-order valence-electron chi connectivity index (χ0n) is 10.2. The lowest BCUT2D eigenvalue weighted by Crippen LogP contribution is -2.27. The molecule has 1 aliphatic rings. The summed E-state index contributed by atoms with van der Waals surface area (Å²) in [5.41, 5.74) is 0.129. The summed E-state index contributed by atoms with van der Waals surface area (Å²) in [6, 6.07) is 2.24. The molecule has 1 unspecified atom stereocenters. The van der Waals surface area contributed by atoms with E-state index in [0.29, 0.717) is 0 Å². The van der Waals surface area contributed by atoms with Crippen molar-refractivity contribution < 1.29 is 13.6 Å². The van der Waals surface area contributed by atoms with E-state index in [1.54, 1.807) is 0 Å². The molecule has 1 atom stereocenters. The molecule has 2 rings (SSSR count). The molecular formula is C13H16F2N2O. The van der Waals surface area contributed by atoms with Crippen molar-refractivity contribution >= 4 is 11.6 Å². The van der Waals surface area contributed by atoms with Gasteiger partial charge in [-0.2, -0.15) is 0 Å². The van der Waals surface area contributed by atoms with E-state index in [9.17, 15) is 13.6 Å². The molecule has 0 spiro atoms. The van der Waals surface area contributed by atoms with E-state index in [2.05, 4.69) is 10.6 Å². The van der Waals surface area contributed by atoms with Crippen LogP contribution in [0.15, 0.2) is 12.1 Å². The number of carbonyl (C=O) groups excluding carboxylic acids is 1. The molecule has 1 aromatic carbocycles. The fraction of sp³-hybridized carbons (Fsp3) is 0.462. The molecule has 1 amide bonds. The van der Waals surface area contributed by atoms with Gasteiger partial charge < -0.3 is 10.6 Å². The van der Waals surface area contributed by atoms with E-state index in [1.165, 1.54) is 6.92 Å². The molecule has 1 heterocycles. The van der Waals surface area contributed by atoms with Crippen molar-refractivity contribution in [3.05, 3.63) is 29.3 Å². The molecule has 0 saturated carbocycles. The van der Waals surface area contributed by atoms with Crippen LogP contribution in [0.25, 0.3) is 0 Å². The summed E-state index contributed by atoms with van der Waals surface area (Å²) < 4.78 is 26.8. The molecule has 5 heteroatoms. The first-order valence-corrected chi connectivity index (χ1v) is 6.05. The number of rotatable bonds is 3. The predicted octanol–water partition coefficient (Wildman–Crippen LogP) is 2.35. The van der Waals surface area contributed by atoms with Crippen molar-refractivity contribution in [3.63, 3.8) is 0 Å². The average molecular weight is 254 g/mol. The monoisotopic (exact) mass is 254 g/mol. The van der Waals surface area contributed by atoms with Gasteiger partial charge in [0.1, 0.15) is 11.6 Å². The third-order valence-electron chi connectivity index (χ3n) is 3.12. The standard InChI is InChI=1S/C13H16F2N2O/c1-8-5-11(15)12(7-10(8)14)17-13(18)6-9-3-2-4-16-9/h5,7,9,16H,2-4,6H2,1H3,(H,17,18). The highest BCUT2D eigenvalue weighted by molar-refractivity contribution is 5.91. The summed E-state index contributed by atoms with van der Waals surface area (Å²) in [5, 5.41) is 5.59. The van der Waals surface area contributed by atoms with E-state index in [-0.39, 0.29) is 29.6 Å². The van der Waals surface area contributed by atoms with Gasteiger partial charge in [-0.25, -0.2) is 8.78 Å². The first-order chi connectivity index (χ1) is 8.56. The molecule has 0 aliphatic carbocycles. The maximum absolute atomic E-state index is 13.5. The normalized spacial score (nSPS) is 18.9. The Morgan fingerprint density at radius 2 is 2.22 bits per heavy atom. The molecule has 3 nitrogen and oxygen atoms in total. The Balaban J connectivity index is 2.00. The minimum absolute atomic E-state index is 0.0962. The van der Waals surface area contributed by atoms with E-state index < -0.39 is 11.6 Å². The Morgan fingerprint density at radius 3 is 2.89 bits per heavy atom. The quantitative estimate of drug-likeness (QED) is 0.869. The van der Waals surface area contributed by atoms with Crippen LogP contribution in [0.5, 0.6) is 0 Å². The van der Waals surface area contributed by atoms with E-state index >= 15 is 0 Å². The second kappa shape index (κ2) is 5.44. The van der Waals surface area contributed by atoms with Crippen LogP contribution in [-0.2, 0) is 4.79 Å². The number of amides is 1. The number of hydrogen-bond acceptors (Lipinski definition) is 2. The van der Waals surface area contributed by atoms with Gasteiger partial charge in [0.2, 0.25) is 5.91 Å². The van der Waals surface area contributed by atoms with Crippen LogP contribution in [0, 0.1) is 18.6 Å². The van der Waals surface area contributed by atoms with Gasteiger partial charge >= 0.3 is 0 Å². The largest absolute Gasteiger partial charge is 0.323 e. The first-order valence-electron chi connectivity index (χ1n) is 6.05. The number of nitrogens with one attached hydrogen (secondary N) is 2. The van der Waals surface area contributed by atoms with Gasteiger partial charge in [-0.1, -0.05) is 0 Å². The molecule has 0 aromatic heterocycles. The average Bonchev–Trinajstić information content (AvgIpc) is 2.78. The van der Waals surface area contributed by atoms with Crippen LogP contribution < -0.4 is 10.6 Å². The molecule has 1 aliphatic heterocycles. The fourth-order valence-electron chi connectivity index (χ4n) is 2.10. The van der Waals surface area contributed by atoms with Crippen LogP contribution in [0.1, 0.15) is 24.8 Å². The van der Waals surface area contributed by atoms with Crippen LogP contribution in [0.4, 0.5) is 14.5 Å². The number of aryl methyl sites for hydroxylation is 1. The van der Waals surface area contributed by atoms with Crippen molar-refractivity contribution in [2.45, 2.75) is 32.2 Å². The summed E-state index contributed by atoms with van der Waals surface area (Å²) in [6.07, 6.45) is 2.28. The van der Waals surface area contributed by atoms with Crippen molar-refractivity contribution in [1.82, 2.24) is 5.32 Å². The smallest absolute Gasteiger partial charge is 0.226 e. The molecule has 1 saturated heterocycles. The fourth-order valence-corrected chi connectivity index (χ4v) is 2.10. The molecule has 18 heavy (non-hydrogen) atoms. The van der Waals surface area contributed by atoms with Crippen LogP contribution >= 0.6 is 0 Å². The lowest BCUT2D eigenvalue weighted by Gasteiger charge is -2.11. The summed E-state index contributed by atoms with van der Waals surface area (Å²) in [4.78, 5) is 11.7. The number of hydrogen-bond donors (Lipinski definition) is 2. The second-order valence-corrected chi connectivity index (χ2v) is 4.63. The maximum Gasteiger partial charge on any atom is 0.226 e. The highest BCUT2D eigenvalue weighted by Crippen LogP contribution is 2.19. The number of benzene rings is 1. The van der Waals surface area contributed by atoms with Crippen molar-refractivity contribution in [3.8, 4) is 0 Å². The van der Waals surface area contributed by atoms with Gasteiger partial charge in [-0.05, 0) is 37.9 Å². The van der Waals surface area contributed by atoms with E-state index in [1.807, 2.05) is 0 Å². The van der Waals surface area contributed by atoms with E-state index in [4.69, 9.17) is 0 Å². The minimum atomic E-state index is -0.610. The summed E-state index contributed by atoms with van der Waals surface area (Å²) in [6.45, 7) is 2.39. The molecule has 98 valence electrons. The highest BCUT2D eigenvalue weighted by Gasteiger charge is 2.18. The number of carbonyl (C=O) groups is 1. The third kappa shape index (κ3) is 3.04. The van der Waals surface area contributed by atoms with Crippen molar-refractivity contribution in [2.24, 2.45) is 0 Å². The molecular weight excluding hydrogens is 238 g/mol. The Hall–Kier alpha value is -1.49. The lowest BCUT2D eigenvalue weighted by molar-refractivity contribution is -0.116. The number of halogens is 2. The summed E-state index contributed by atoms with van der Waals surface area (Å²) >= 11 is 0. The topological polar surface area (TPSA) is 41.1 Å². The van der Waals surface area contributed by atoms with Gasteiger partial charge in [-0.3, -0.25) is 4.79 Å². The molecule has 0 bridgehead atoms. The van der Waals surface area contributed by atoms with Crippen LogP contribution in [0.2, 0.25) is 0 Å². The molecule has 0 radical (unpaired) electrons. The highest BCUT2D eigenvalue weighted by atomic mass is 19.1. The van der Waals surface area contributed by atoms with Crippen molar-refractivity contribution in [1.29, 1.82) is 0 Å². The summed E-state index contributed by atoms with van der Waals surface area (Å²) in [5.74, 6) is -1.43. The molecule has 1 fully saturated rings. The predicted molar refractivity (Wildman–Crippen MR) is 65.4 cm³/mol. The Kier molecular flexibility index (Phi) is 3.91. The first kappa shape index (κ1) is 13.0. The van der Waals surface area contributed by atoms with Gasteiger partial charge in [-0.15, -0.1) is 0 Å². The Bertz CT molecular complexity index is 457. The second-order valence-electron chi connectivity index (χ2n) is 4.63. The lowest BCUT2D eigenvalue weighted by atomic mass is 10.1. The zero-order chi connectivity index (χ0) is 13.1.